The summed E-state index contributed by atoms with van der Waals surface area (Å²) in [7, 11) is 0. The molecule has 0 unspecified atom stereocenters. The number of anilines is 1. The van der Waals surface area contributed by atoms with E-state index in [9.17, 15) is 9.59 Å². The minimum Gasteiger partial charge on any atom is -0.380 e. The van der Waals surface area contributed by atoms with Gasteiger partial charge in [-0.3, -0.25) is 14.6 Å². The Bertz CT molecular complexity index is 1160. The van der Waals surface area contributed by atoms with Crippen LogP contribution in [-0.4, -0.2) is 59.1 Å². The summed E-state index contributed by atoms with van der Waals surface area (Å²) in [5, 5.41) is 10.7. The van der Waals surface area contributed by atoms with Crippen LogP contribution in [0.1, 0.15) is 32.0 Å². The maximum absolute atomic E-state index is 12.8. The second-order valence-electron chi connectivity index (χ2n) is 7.87. The molecule has 0 atom stereocenters. The summed E-state index contributed by atoms with van der Waals surface area (Å²) in [5.41, 5.74) is 3.86. The predicted octanol–water partition coefficient (Wildman–Crippen LogP) is 1.31. The van der Waals surface area contributed by atoms with Crippen LogP contribution in [0.15, 0.2) is 36.9 Å². The van der Waals surface area contributed by atoms with Crippen LogP contribution in [-0.2, 0) is 11.3 Å². The fraction of sp³-hybridized carbons (Fsp3) is 0.286. The number of amides is 1. The van der Waals surface area contributed by atoms with Gasteiger partial charge in [0.15, 0.2) is 6.29 Å². The van der Waals surface area contributed by atoms with Crippen molar-refractivity contribution in [2.45, 2.75) is 6.54 Å². The summed E-state index contributed by atoms with van der Waals surface area (Å²) in [6, 6.07) is 3.45. The van der Waals surface area contributed by atoms with Gasteiger partial charge in [-0.2, -0.15) is 0 Å². The Hall–Kier alpha value is -3.59. The molecule has 30 heavy (non-hydrogen) atoms. The van der Waals surface area contributed by atoms with Crippen molar-refractivity contribution < 1.29 is 14.3 Å². The standard InChI is InChI=1S/C21H20N6O3/c22-3-16-17(5-23-6-18(16)27-10-21(11-27)12-30-13-21)20(29)24-4-15-8-26-7-14(9-28)1-2-19(26)25-15/h1-3,5-9,22H,4,10-13H2,(H,24,29). The molecule has 1 amide bonds. The average Bonchev–Trinajstić information content (AvgIpc) is 3.11. The average molecular weight is 404 g/mol. The normalized spacial score (nSPS) is 16.7. The van der Waals surface area contributed by atoms with Crippen LogP contribution in [0.2, 0.25) is 0 Å². The Morgan fingerprint density at radius 1 is 1.27 bits per heavy atom. The minimum atomic E-state index is -0.310. The summed E-state index contributed by atoms with van der Waals surface area (Å²) >= 11 is 0. The van der Waals surface area contributed by atoms with Crippen LogP contribution in [0.25, 0.3) is 5.65 Å². The highest BCUT2D eigenvalue weighted by Gasteiger charge is 2.49. The Morgan fingerprint density at radius 3 is 2.80 bits per heavy atom. The van der Waals surface area contributed by atoms with Gasteiger partial charge in [0, 0.05) is 49.0 Å². The van der Waals surface area contributed by atoms with Crippen molar-refractivity contribution in [3.05, 3.63) is 59.3 Å². The zero-order chi connectivity index (χ0) is 20.7. The van der Waals surface area contributed by atoms with E-state index in [0.29, 0.717) is 28.0 Å². The van der Waals surface area contributed by atoms with E-state index in [0.717, 1.165) is 38.3 Å². The molecule has 0 saturated carbocycles. The zero-order valence-corrected chi connectivity index (χ0v) is 16.2. The van der Waals surface area contributed by atoms with Gasteiger partial charge in [-0.25, -0.2) is 4.98 Å². The molecule has 0 aromatic carbocycles. The van der Waals surface area contributed by atoms with Gasteiger partial charge in [0.25, 0.3) is 5.91 Å². The van der Waals surface area contributed by atoms with Gasteiger partial charge in [-0.05, 0) is 12.1 Å². The number of fused-ring (bicyclic) bond motifs is 1. The number of nitrogens with one attached hydrogen (secondary N) is 2. The van der Waals surface area contributed by atoms with Crippen molar-refractivity contribution in [3.63, 3.8) is 0 Å². The lowest BCUT2D eigenvalue weighted by Crippen LogP contribution is -2.66. The lowest BCUT2D eigenvalue weighted by atomic mass is 9.77. The SMILES string of the molecule is N=Cc1c(C(=O)NCc2cn3cc(C=O)ccc3n2)cncc1N1CC2(COC2)C1. The molecule has 2 aliphatic rings. The first-order valence-corrected chi connectivity index (χ1v) is 9.63. The fourth-order valence-electron chi connectivity index (χ4n) is 4.03. The zero-order valence-electron chi connectivity index (χ0n) is 16.2. The molecule has 9 nitrogen and oxygen atoms in total. The number of hydrogen-bond acceptors (Lipinski definition) is 7. The van der Waals surface area contributed by atoms with Crippen molar-refractivity contribution in [1.29, 1.82) is 5.41 Å². The van der Waals surface area contributed by atoms with Gasteiger partial charge in [-0.15, -0.1) is 0 Å². The molecule has 2 aliphatic heterocycles. The number of rotatable bonds is 6. The van der Waals surface area contributed by atoms with Crippen LogP contribution in [0.4, 0.5) is 5.69 Å². The third-order valence-corrected chi connectivity index (χ3v) is 5.66. The lowest BCUT2D eigenvalue weighted by Gasteiger charge is -2.56. The number of aldehydes is 1. The third-order valence-electron chi connectivity index (χ3n) is 5.66. The molecule has 5 heterocycles. The van der Waals surface area contributed by atoms with E-state index >= 15 is 0 Å². The molecule has 152 valence electrons. The summed E-state index contributed by atoms with van der Waals surface area (Å²) in [5.74, 6) is -0.310. The number of hydrogen-bond donors (Lipinski definition) is 2. The van der Waals surface area contributed by atoms with Crippen LogP contribution in [0.5, 0.6) is 0 Å². The lowest BCUT2D eigenvalue weighted by molar-refractivity contribution is -0.127. The van der Waals surface area contributed by atoms with Crippen molar-refractivity contribution >= 4 is 29.7 Å². The van der Waals surface area contributed by atoms with Crippen molar-refractivity contribution in [2.75, 3.05) is 31.2 Å². The van der Waals surface area contributed by atoms with Gasteiger partial charge in [0.05, 0.1) is 48.3 Å². The van der Waals surface area contributed by atoms with E-state index in [2.05, 4.69) is 20.2 Å². The van der Waals surface area contributed by atoms with E-state index < -0.39 is 0 Å². The highest BCUT2D eigenvalue weighted by molar-refractivity contribution is 6.04. The molecule has 2 fully saturated rings. The molecule has 2 saturated heterocycles. The number of aromatic nitrogens is 3. The molecule has 0 radical (unpaired) electrons. The number of carbonyl (C=O) groups excluding carboxylic acids is 2. The van der Waals surface area contributed by atoms with Crippen LogP contribution in [0.3, 0.4) is 0 Å². The number of imidazole rings is 1. The van der Waals surface area contributed by atoms with Crippen molar-refractivity contribution in [3.8, 4) is 0 Å². The Labute approximate surface area is 172 Å². The molecule has 0 bridgehead atoms. The summed E-state index contributed by atoms with van der Waals surface area (Å²) in [4.78, 5) is 34.6. The molecular weight excluding hydrogens is 384 g/mol. The first kappa shape index (κ1) is 18.4. The maximum Gasteiger partial charge on any atom is 0.253 e. The first-order valence-electron chi connectivity index (χ1n) is 9.63. The second-order valence-corrected chi connectivity index (χ2v) is 7.87. The third kappa shape index (κ3) is 3.03. The Morgan fingerprint density at radius 2 is 2.10 bits per heavy atom. The van der Waals surface area contributed by atoms with E-state index in [-0.39, 0.29) is 17.9 Å². The quantitative estimate of drug-likeness (QED) is 0.473. The van der Waals surface area contributed by atoms with Crippen LogP contribution >= 0.6 is 0 Å². The molecule has 0 aliphatic carbocycles. The van der Waals surface area contributed by atoms with Crippen LogP contribution in [0, 0.1) is 10.8 Å². The largest absolute Gasteiger partial charge is 0.380 e. The maximum atomic E-state index is 12.8. The van der Waals surface area contributed by atoms with Gasteiger partial charge in [0.2, 0.25) is 0 Å². The van der Waals surface area contributed by atoms with Crippen molar-refractivity contribution in [2.24, 2.45) is 5.41 Å². The highest BCUT2D eigenvalue weighted by Crippen LogP contribution is 2.41. The Kier molecular flexibility index (Phi) is 4.32. The molecular formula is C21H20N6O3. The van der Waals surface area contributed by atoms with E-state index in [1.54, 1.807) is 35.1 Å². The topological polar surface area (TPSA) is 113 Å². The molecule has 1 spiro atoms. The van der Waals surface area contributed by atoms with Gasteiger partial charge in [0.1, 0.15) is 5.65 Å². The summed E-state index contributed by atoms with van der Waals surface area (Å²) < 4.78 is 7.07. The molecule has 3 aromatic rings. The van der Waals surface area contributed by atoms with Gasteiger partial charge < -0.3 is 24.8 Å². The monoisotopic (exact) mass is 404 g/mol. The fourth-order valence-corrected chi connectivity index (χ4v) is 4.03. The van der Waals surface area contributed by atoms with Crippen LogP contribution < -0.4 is 10.2 Å². The molecule has 2 N–H and O–H groups in total. The number of ether oxygens (including phenoxy) is 1. The second kappa shape index (κ2) is 7.03. The number of nitrogens with zero attached hydrogens (tertiary/aromatic N) is 4. The molecule has 5 rings (SSSR count). The Balaban J connectivity index is 1.32. The highest BCUT2D eigenvalue weighted by atomic mass is 16.5. The minimum absolute atomic E-state index is 0.225. The molecule has 3 aromatic heterocycles. The van der Waals surface area contributed by atoms with Crippen molar-refractivity contribution in [1.82, 2.24) is 19.7 Å². The van der Waals surface area contributed by atoms with Gasteiger partial charge in [-0.1, -0.05) is 0 Å². The van der Waals surface area contributed by atoms with Gasteiger partial charge >= 0.3 is 0 Å². The number of carbonyl (C=O) groups is 2. The smallest absolute Gasteiger partial charge is 0.253 e. The first-order chi connectivity index (χ1) is 14.6. The van der Waals surface area contributed by atoms with E-state index in [4.69, 9.17) is 10.1 Å². The summed E-state index contributed by atoms with van der Waals surface area (Å²) in [6.07, 6.45) is 8.64. The summed E-state index contributed by atoms with van der Waals surface area (Å²) in [6.45, 7) is 3.47. The molecule has 9 heteroatoms. The van der Waals surface area contributed by atoms with E-state index in [1.807, 2.05) is 0 Å². The number of pyridine rings is 2. The van der Waals surface area contributed by atoms with E-state index in [1.165, 1.54) is 12.4 Å². The predicted molar refractivity (Wildman–Crippen MR) is 109 cm³/mol.